The minimum Gasteiger partial charge on any atom is -0.463 e. The van der Waals surface area contributed by atoms with Crippen LogP contribution in [0.4, 0.5) is 0 Å². The number of carbonyl (C=O) groups excluding carboxylic acids is 1. The van der Waals surface area contributed by atoms with Gasteiger partial charge < -0.3 is 9.47 Å². The maximum absolute atomic E-state index is 10.7. The molecule has 2 aliphatic heterocycles. The number of fused-ring (bicyclic) bond motifs is 3. The van der Waals surface area contributed by atoms with Crippen molar-refractivity contribution in [3.8, 4) is 0 Å². The minimum atomic E-state index is -0.207. The highest BCUT2D eigenvalue weighted by Gasteiger charge is 2.47. The summed E-state index contributed by atoms with van der Waals surface area (Å²) in [6.07, 6.45) is 4.48. The summed E-state index contributed by atoms with van der Waals surface area (Å²) >= 11 is 0. The van der Waals surface area contributed by atoms with E-state index >= 15 is 0 Å². The summed E-state index contributed by atoms with van der Waals surface area (Å²) in [4.78, 5) is 10.7. The fraction of sp³-hybridized carbons (Fsp3) is 0.909. The van der Waals surface area contributed by atoms with Gasteiger partial charge in [-0.15, -0.1) is 0 Å². The molecule has 0 unspecified atom stereocenters. The molecule has 3 fully saturated rings. The van der Waals surface area contributed by atoms with Crippen LogP contribution >= 0.6 is 0 Å². The van der Waals surface area contributed by atoms with E-state index in [-0.39, 0.29) is 11.6 Å². The van der Waals surface area contributed by atoms with Crippen LogP contribution in [0, 0.1) is 5.41 Å². The summed E-state index contributed by atoms with van der Waals surface area (Å²) in [5, 5.41) is 0. The van der Waals surface area contributed by atoms with Crippen molar-refractivity contribution in [2.75, 3.05) is 13.2 Å². The molecule has 3 heteroatoms. The molecule has 0 amide bonds. The lowest BCUT2D eigenvalue weighted by Crippen LogP contribution is -2.52. The van der Waals surface area contributed by atoms with Crippen molar-refractivity contribution in [3.05, 3.63) is 0 Å². The first-order valence-corrected chi connectivity index (χ1v) is 5.31. The van der Waals surface area contributed by atoms with Crippen molar-refractivity contribution in [3.63, 3.8) is 0 Å². The van der Waals surface area contributed by atoms with Gasteiger partial charge in [0.05, 0.1) is 6.61 Å². The van der Waals surface area contributed by atoms with Crippen LogP contribution in [0.3, 0.4) is 0 Å². The smallest absolute Gasteiger partial charge is 0.302 e. The molecule has 0 atom stereocenters. The van der Waals surface area contributed by atoms with Gasteiger partial charge in [0.2, 0.25) is 0 Å². The number of rotatable bonds is 2. The lowest BCUT2D eigenvalue weighted by atomic mass is 9.67. The Kier molecular flexibility index (Phi) is 2.30. The molecule has 0 spiro atoms. The highest BCUT2D eigenvalue weighted by Crippen LogP contribution is 2.48. The first kappa shape index (κ1) is 9.97. The van der Waals surface area contributed by atoms with Crippen molar-refractivity contribution in [1.82, 2.24) is 0 Å². The Hall–Kier alpha value is -0.570. The van der Waals surface area contributed by atoms with Gasteiger partial charge in [-0.25, -0.2) is 0 Å². The monoisotopic (exact) mass is 198 g/mol. The van der Waals surface area contributed by atoms with Crippen LogP contribution in [-0.4, -0.2) is 24.8 Å². The zero-order chi connectivity index (χ0) is 10.2. The van der Waals surface area contributed by atoms with Gasteiger partial charge in [0.15, 0.2) is 0 Å². The molecule has 2 heterocycles. The SMILES string of the molecule is CC(=O)OCC12CCC(C)(CC1)CO2. The molecule has 2 saturated heterocycles. The largest absolute Gasteiger partial charge is 0.463 e. The molecule has 80 valence electrons. The van der Waals surface area contributed by atoms with Crippen LogP contribution in [0.15, 0.2) is 0 Å². The van der Waals surface area contributed by atoms with Crippen LogP contribution in [0.25, 0.3) is 0 Å². The van der Waals surface area contributed by atoms with E-state index in [0.29, 0.717) is 12.0 Å². The van der Waals surface area contributed by atoms with Gasteiger partial charge in [-0.2, -0.15) is 0 Å². The molecule has 0 radical (unpaired) electrons. The van der Waals surface area contributed by atoms with Crippen LogP contribution < -0.4 is 0 Å². The third-order valence-corrected chi connectivity index (χ3v) is 3.63. The number of carbonyl (C=O) groups is 1. The normalized spacial score (nSPS) is 41.0. The molecule has 1 aliphatic carbocycles. The van der Waals surface area contributed by atoms with E-state index in [1.165, 1.54) is 19.8 Å². The van der Waals surface area contributed by atoms with E-state index in [0.717, 1.165) is 19.4 Å². The Morgan fingerprint density at radius 1 is 1.36 bits per heavy atom. The summed E-state index contributed by atoms with van der Waals surface area (Å²) in [6.45, 7) is 5.00. The van der Waals surface area contributed by atoms with Gasteiger partial charge in [-0.3, -0.25) is 4.79 Å². The Morgan fingerprint density at radius 3 is 2.43 bits per heavy atom. The average Bonchev–Trinajstić information content (AvgIpc) is 2.17. The van der Waals surface area contributed by atoms with Crippen LogP contribution in [0.1, 0.15) is 39.5 Å². The van der Waals surface area contributed by atoms with E-state index in [1.54, 1.807) is 0 Å². The second-order valence-electron chi connectivity index (χ2n) is 5.06. The Morgan fingerprint density at radius 2 is 2.00 bits per heavy atom. The van der Waals surface area contributed by atoms with E-state index in [9.17, 15) is 4.79 Å². The summed E-state index contributed by atoms with van der Waals surface area (Å²) in [6, 6.07) is 0. The Labute approximate surface area is 84.8 Å². The Balaban J connectivity index is 1.95. The lowest BCUT2D eigenvalue weighted by Gasteiger charge is -2.51. The van der Waals surface area contributed by atoms with Crippen LogP contribution in [0.5, 0.6) is 0 Å². The van der Waals surface area contributed by atoms with Crippen molar-refractivity contribution in [1.29, 1.82) is 0 Å². The fourth-order valence-electron chi connectivity index (χ4n) is 2.34. The van der Waals surface area contributed by atoms with Gasteiger partial charge in [-0.1, -0.05) is 6.92 Å². The molecule has 0 aromatic heterocycles. The third-order valence-electron chi connectivity index (χ3n) is 3.63. The Bertz CT molecular complexity index is 222. The number of hydrogen-bond acceptors (Lipinski definition) is 3. The highest BCUT2D eigenvalue weighted by molar-refractivity contribution is 5.65. The number of esters is 1. The first-order chi connectivity index (χ1) is 6.54. The van der Waals surface area contributed by atoms with Gasteiger partial charge >= 0.3 is 5.97 Å². The number of ether oxygens (including phenoxy) is 2. The molecule has 0 aromatic carbocycles. The summed E-state index contributed by atoms with van der Waals surface area (Å²) in [5.41, 5.74) is 0.238. The van der Waals surface area contributed by atoms with Crippen LogP contribution in [0.2, 0.25) is 0 Å². The molecule has 0 aromatic rings. The van der Waals surface area contributed by atoms with Gasteiger partial charge in [0.25, 0.3) is 0 Å². The summed E-state index contributed by atoms with van der Waals surface area (Å²) < 4.78 is 10.9. The molecule has 3 nitrogen and oxygen atoms in total. The molecule has 0 N–H and O–H groups in total. The molecule has 2 bridgehead atoms. The van der Waals surface area contributed by atoms with Gasteiger partial charge in [-0.05, 0) is 31.1 Å². The molecule has 1 saturated carbocycles. The van der Waals surface area contributed by atoms with Gasteiger partial charge in [0.1, 0.15) is 12.2 Å². The quantitative estimate of drug-likeness (QED) is 0.636. The van der Waals surface area contributed by atoms with E-state index in [4.69, 9.17) is 9.47 Å². The zero-order valence-electron chi connectivity index (χ0n) is 8.97. The molecule has 3 aliphatic rings. The van der Waals surface area contributed by atoms with E-state index in [2.05, 4.69) is 6.92 Å². The predicted molar refractivity (Wildman–Crippen MR) is 51.9 cm³/mol. The topological polar surface area (TPSA) is 35.5 Å². The molecular weight excluding hydrogens is 180 g/mol. The average molecular weight is 198 g/mol. The van der Waals surface area contributed by atoms with Crippen molar-refractivity contribution in [2.45, 2.75) is 45.1 Å². The van der Waals surface area contributed by atoms with E-state index < -0.39 is 0 Å². The van der Waals surface area contributed by atoms with Crippen LogP contribution in [-0.2, 0) is 14.3 Å². The second kappa shape index (κ2) is 3.23. The zero-order valence-corrected chi connectivity index (χ0v) is 8.97. The summed E-state index contributed by atoms with van der Waals surface area (Å²) in [5.74, 6) is -0.207. The fourth-order valence-corrected chi connectivity index (χ4v) is 2.34. The highest BCUT2D eigenvalue weighted by atomic mass is 16.6. The predicted octanol–water partition coefficient (Wildman–Crippen LogP) is 1.90. The molecule has 3 rings (SSSR count). The first-order valence-electron chi connectivity index (χ1n) is 5.31. The second-order valence-corrected chi connectivity index (χ2v) is 5.06. The lowest BCUT2D eigenvalue weighted by molar-refractivity contribution is -0.203. The standard InChI is InChI=1S/C11H18O3/c1-9(12)13-8-11-5-3-10(2,4-6-11)7-14-11/h3-8H2,1-2H3. The van der Waals surface area contributed by atoms with Crippen molar-refractivity contribution in [2.24, 2.45) is 5.41 Å². The summed E-state index contributed by atoms with van der Waals surface area (Å²) in [7, 11) is 0. The maximum atomic E-state index is 10.7. The van der Waals surface area contributed by atoms with Gasteiger partial charge in [0, 0.05) is 6.92 Å². The van der Waals surface area contributed by atoms with Crippen molar-refractivity contribution >= 4 is 5.97 Å². The number of hydrogen-bond donors (Lipinski definition) is 0. The minimum absolute atomic E-state index is 0.149. The molecular formula is C11H18O3. The van der Waals surface area contributed by atoms with Crippen molar-refractivity contribution < 1.29 is 14.3 Å². The maximum Gasteiger partial charge on any atom is 0.302 e. The molecule has 14 heavy (non-hydrogen) atoms. The third kappa shape index (κ3) is 1.78. The van der Waals surface area contributed by atoms with E-state index in [1.807, 2.05) is 0 Å².